The van der Waals surface area contributed by atoms with E-state index in [9.17, 15) is 9.90 Å². The molecule has 1 atom stereocenters. The summed E-state index contributed by atoms with van der Waals surface area (Å²) in [4.78, 5) is 15.7. The van der Waals surface area contributed by atoms with Crippen molar-refractivity contribution >= 4 is 12.0 Å². The van der Waals surface area contributed by atoms with Crippen molar-refractivity contribution in [3.8, 4) is 0 Å². The van der Waals surface area contributed by atoms with Gasteiger partial charge in [-0.3, -0.25) is 9.78 Å². The Morgan fingerprint density at radius 2 is 2.00 bits per heavy atom. The van der Waals surface area contributed by atoms with Crippen LogP contribution in [0, 0.1) is 0 Å². The van der Waals surface area contributed by atoms with Gasteiger partial charge >= 0.3 is 5.97 Å². The molecule has 0 saturated heterocycles. The number of carboxylic acid groups (broad SMARTS) is 1. The zero-order chi connectivity index (χ0) is 15.8. The van der Waals surface area contributed by atoms with Gasteiger partial charge in [0.05, 0.1) is 5.41 Å². The number of hydrogen-bond acceptors (Lipinski definition) is 2. The third-order valence-corrected chi connectivity index (χ3v) is 3.93. The number of pyridine rings is 1. The van der Waals surface area contributed by atoms with Gasteiger partial charge in [-0.25, -0.2) is 0 Å². The van der Waals surface area contributed by atoms with Crippen LogP contribution in [-0.4, -0.2) is 16.1 Å². The number of aliphatic carboxylic acids is 1. The smallest absolute Gasteiger partial charge is 0.313 e. The van der Waals surface area contributed by atoms with Crippen LogP contribution in [0.4, 0.5) is 0 Å². The van der Waals surface area contributed by atoms with Crippen LogP contribution in [0.5, 0.6) is 0 Å². The van der Waals surface area contributed by atoms with Crippen molar-refractivity contribution < 1.29 is 9.90 Å². The lowest BCUT2D eigenvalue weighted by atomic mass is 9.79. The van der Waals surface area contributed by atoms with Crippen LogP contribution in [0.2, 0.25) is 0 Å². The Morgan fingerprint density at radius 3 is 2.64 bits per heavy atom. The maximum Gasteiger partial charge on any atom is 0.313 e. The average Bonchev–Trinajstić information content (AvgIpc) is 2.56. The fourth-order valence-electron chi connectivity index (χ4n) is 2.42. The van der Waals surface area contributed by atoms with Gasteiger partial charge in [-0.15, -0.1) is 0 Å². The summed E-state index contributed by atoms with van der Waals surface area (Å²) in [5.74, 6) is -0.799. The van der Waals surface area contributed by atoms with Crippen LogP contribution < -0.4 is 0 Å². The number of benzene rings is 1. The fraction of sp³-hybridized carbons (Fsp3) is 0.263. The van der Waals surface area contributed by atoms with Gasteiger partial charge in [0.1, 0.15) is 0 Å². The van der Waals surface area contributed by atoms with E-state index < -0.39 is 11.4 Å². The first kappa shape index (κ1) is 16.0. The number of allylic oxidation sites excluding steroid dienone is 1. The molecule has 2 aromatic rings. The predicted molar refractivity (Wildman–Crippen MR) is 88.6 cm³/mol. The normalized spacial score (nSPS) is 13.9. The van der Waals surface area contributed by atoms with E-state index in [1.807, 2.05) is 36.4 Å². The van der Waals surface area contributed by atoms with Crippen molar-refractivity contribution in [3.63, 3.8) is 0 Å². The van der Waals surface area contributed by atoms with E-state index in [4.69, 9.17) is 0 Å². The van der Waals surface area contributed by atoms with Crippen LogP contribution in [0.3, 0.4) is 0 Å². The van der Waals surface area contributed by atoms with Crippen molar-refractivity contribution in [3.05, 3.63) is 72.1 Å². The number of rotatable bonds is 7. The van der Waals surface area contributed by atoms with Crippen LogP contribution >= 0.6 is 0 Å². The highest BCUT2D eigenvalue weighted by Crippen LogP contribution is 2.29. The van der Waals surface area contributed by atoms with Crippen LogP contribution in [0.1, 0.15) is 37.3 Å². The van der Waals surface area contributed by atoms with Gasteiger partial charge in [0.25, 0.3) is 0 Å². The van der Waals surface area contributed by atoms with E-state index in [1.165, 1.54) is 0 Å². The lowest BCUT2D eigenvalue weighted by Crippen LogP contribution is -2.32. The third kappa shape index (κ3) is 4.04. The van der Waals surface area contributed by atoms with Gasteiger partial charge in [-0.2, -0.15) is 0 Å². The molecule has 1 unspecified atom stereocenters. The zero-order valence-corrected chi connectivity index (χ0v) is 12.8. The number of nitrogens with zero attached hydrogens (tertiary/aromatic N) is 1. The summed E-state index contributed by atoms with van der Waals surface area (Å²) in [5.41, 5.74) is 1.04. The zero-order valence-electron chi connectivity index (χ0n) is 12.8. The lowest BCUT2D eigenvalue weighted by molar-refractivity contribution is -0.143. The molecule has 3 nitrogen and oxygen atoms in total. The Morgan fingerprint density at radius 1 is 1.23 bits per heavy atom. The maximum absolute atomic E-state index is 11.7. The first-order valence-electron chi connectivity index (χ1n) is 7.48. The molecule has 0 spiro atoms. The quantitative estimate of drug-likeness (QED) is 0.774. The second-order valence-corrected chi connectivity index (χ2v) is 5.58. The van der Waals surface area contributed by atoms with Crippen molar-refractivity contribution in [2.75, 3.05) is 0 Å². The van der Waals surface area contributed by atoms with Gasteiger partial charge in [-0.05, 0) is 43.4 Å². The molecule has 2 rings (SSSR count). The fourth-order valence-corrected chi connectivity index (χ4v) is 2.42. The minimum Gasteiger partial charge on any atom is -0.481 e. The molecular weight excluding hydrogens is 274 g/mol. The van der Waals surface area contributed by atoms with E-state index >= 15 is 0 Å². The van der Waals surface area contributed by atoms with Gasteiger partial charge in [-0.1, -0.05) is 48.6 Å². The van der Waals surface area contributed by atoms with Crippen molar-refractivity contribution in [2.24, 2.45) is 0 Å². The Bertz CT molecular complexity index is 622. The van der Waals surface area contributed by atoms with Crippen molar-refractivity contribution in [1.29, 1.82) is 0 Å². The van der Waals surface area contributed by atoms with Crippen molar-refractivity contribution in [1.82, 2.24) is 4.98 Å². The van der Waals surface area contributed by atoms with Gasteiger partial charge in [0.15, 0.2) is 0 Å². The van der Waals surface area contributed by atoms with E-state index in [0.29, 0.717) is 6.42 Å². The van der Waals surface area contributed by atoms with E-state index in [-0.39, 0.29) is 0 Å². The van der Waals surface area contributed by atoms with Crippen molar-refractivity contribution in [2.45, 2.75) is 31.6 Å². The molecular formula is C19H21NO2. The predicted octanol–water partition coefficient (Wildman–Crippen LogP) is 4.31. The Kier molecular flexibility index (Phi) is 5.48. The molecule has 22 heavy (non-hydrogen) atoms. The number of hydrogen-bond donors (Lipinski definition) is 1. The molecule has 0 amide bonds. The van der Waals surface area contributed by atoms with E-state index in [2.05, 4.69) is 17.1 Å². The average molecular weight is 295 g/mol. The van der Waals surface area contributed by atoms with E-state index in [1.54, 1.807) is 25.4 Å². The molecule has 1 aromatic heterocycles. The Labute approximate surface area is 131 Å². The Hall–Kier alpha value is -2.42. The monoisotopic (exact) mass is 295 g/mol. The highest BCUT2D eigenvalue weighted by Gasteiger charge is 2.34. The summed E-state index contributed by atoms with van der Waals surface area (Å²) < 4.78 is 0. The molecule has 1 N–H and O–H groups in total. The van der Waals surface area contributed by atoms with Crippen LogP contribution in [-0.2, 0) is 10.2 Å². The number of carbonyl (C=O) groups is 1. The second-order valence-electron chi connectivity index (χ2n) is 5.58. The molecule has 1 aromatic carbocycles. The summed E-state index contributed by atoms with van der Waals surface area (Å²) in [6.07, 6.45) is 9.75. The van der Waals surface area contributed by atoms with Gasteiger partial charge in [0, 0.05) is 12.4 Å². The minimum absolute atomic E-state index is 0.590. The minimum atomic E-state index is -0.880. The molecule has 0 aliphatic carbocycles. The molecule has 0 radical (unpaired) electrons. The third-order valence-electron chi connectivity index (χ3n) is 3.93. The lowest BCUT2D eigenvalue weighted by Gasteiger charge is -2.24. The highest BCUT2D eigenvalue weighted by atomic mass is 16.4. The molecule has 0 bridgehead atoms. The van der Waals surface area contributed by atoms with Crippen LogP contribution in [0.15, 0.2) is 60.9 Å². The summed E-state index contributed by atoms with van der Waals surface area (Å²) in [7, 11) is 0. The van der Waals surface area contributed by atoms with Gasteiger partial charge < -0.3 is 5.11 Å². The first-order valence-corrected chi connectivity index (χ1v) is 7.48. The largest absolute Gasteiger partial charge is 0.481 e. The summed E-state index contributed by atoms with van der Waals surface area (Å²) >= 11 is 0. The number of unbranched alkanes of at least 4 members (excludes halogenated alkanes) is 1. The summed E-state index contributed by atoms with van der Waals surface area (Å²) in [5, 5.41) is 9.57. The highest BCUT2D eigenvalue weighted by molar-refractivity contribution is 5.80. The molecule has 0 aliphatic rings. The first-order chi connectivity index (χ1) is 10.6. The summed E-state index contributed by atoms with van der Waals surface area (Å²) in [6, 6.07) is 13.7. The topological polar surface area (TPSA) is 50.2 Å². The SMILES string of the molecule is CC(CCC/C=C/c1ccccc1)(C(=O)O)c1cccnc1. The molecule has 1 heterocycles. The molecule has 0 aliphatic heterocycles. The van der Waals surface area contributed by atoms with Gasteiger partial charge in [0.2, 0.25) is 0 Å². The molecule has 3 heteroatoms. The Balaban J connectivity index is 1.93. The maximum atomic E-state index is 11.7. The molecule has 0 saturated carbocycles. The van der Waals surface area contributed by atoms with E-state index in [0.717, 1.165) is 24.0 Å². The number of aromatic nitrogens is 1. The standard InChI is InChI=1S/C19H21NO2/c1-19(18(21)22,17-12-8-14-20-15-17)13-7-3-6-11-16-9-4-2-5-10-16/h2,4-6,8-12,14-15H,3,7,13H2,1H3,(H,21,22)/b11-6+. The molecule has 114 valence electrons. The molecule has 0 fully saturated rings. The number of carboxylic acids is 1. The summed E-state index contributed by atoms with van der Waals surface area (Å²) in [6.45, 7) is 1.77. The van der Waals surface area contributed by atoms with Crippen LogP contribution in [0.25, 0.3) is 6.08 Å². The second kappa shape index (κ2) is 7.55.